The molecule has 0 aliphatic heterocycles. The lowest BCUT2D eigenvalue weighted by molar-refractivity contribution is 0.750. The molecular formula is C41H33N3. The van der Waals surface area contributed by atoms with Crippen LogP contribution in [0.25, 0.3) is 32.9 Å². The smallest absolute Gasteiger partial charge is 0.100 e. The number of rotatable bonds is 7. The quantitative estimate of drug-likeness (QED) is 0.151. The normalized spacial score (nSPS) is 17.8. The van der Waals surface area contributed by atoms with Crippen molar-refractivity contribution in [3.05, 3.63) is 163 Å². The van der Waals surface area contributed by atoms with Crippen LogP contribution in [-0.4, -0.2) is 10.9 Å². The highest BCUT2D eigenvalue weighted by Gasteiger charge is 2.54. The van der Waals surface area contributed by atoms with E-state index in [1.807, 2.05) is 12.4 Å². The molecule has 8 rings (SSSR count). The van der Waals surface area contributed by atoms with Gasteiger partial charge in [0, 0.05) is 33.1 Å². The van der Waals surface area contributed by atoms with E-state index in [0.29, 0.717) is 5.92 Å². The number of aromatic nitrogens is 1. The van der Waals surface area contributed by atoms with E-state index < -0.39 is 0 Å². The summed E-state index contributed by atoms with van der Waals surface area (Å²) in [6.45, 7) is 2.35. The van der Waals surface area contributed by atoms with Crippen molar-refractivity contribution >= 4 is 45.2 Å². The molecule has 3 nitrogen and oxygen atoms in total. The second kappa shape index (κ2) is 10.7. The van der Waals surface area contributed by atoms with Crippen LogP contribution in [0.15, 0.2) is 157 Å². The molecule has 0 radical (unpaired) electrons. The number of nitrogens with zero attached hydrogens (tertiary/aromatic N) is 2. The van der Waals surface area contributed by atoms with E-state index in [2.05, 4.69) is 162 Å². The zero-order chi connectivity index (χ0) is 29.5. The van der Waals surface area contributed by atoms with Crippen molar-refractivity contribution in [3.8, 4) is 11.1 Å². The molecule has 0 amide bonds. The van der Waals surface area contributed by atoms with Crippen molar-refractivity contribution in [3.63, 3.8) is 0 Å². The summed E-state index contributed by atoms with van der Waals surface area (Å²) >= 11 is 0. The molecule has 7 aromatic rings. The average molecular weight is 568 g/mol. The number of para-hydroxylation sites is 3. The van der Waals surface area contributed by atoms with Crippen LogP contribution in [0.3, 0.4) is 0 Å². The number of nitrogens with one attached hydrogen (secondary N) is 1. The molecule has 2 atom stereocenters. The summed E-state index contributed by atoms with van der Waals surface area (Å²) in [5.41, 5.74) is 10.4. The van der Waals surface area contributed by atoms with Gasteiger partial charge in [0.2, 0.25) is 0 Å². The molecule has 2 unspecified atom stereocenters. The number of hydrogen-bond acceptors (Lipinski definition) is 2. The van der Waals surface area contributed by atoms with Crippen LogP contribution in [0.2, 0.25) is 0 Å². The highest BCUT2D eigenvalue weighted by Crippen LogP contribution is 2.60. The Morgan fingerprint density at radius 3 is 2.07 bits per heavy atom. The molecule has 1 heterocycles. The Balaban J connectivity index is 1.30. The van der Waals surface area contributed by atoms with Gasteiger partial charge in [-0.05, 0) is 65.4 Å². The highest BCUT2D eigenvalue weighted by molar-refractivity contribution is 6.14. The monoisotopic (exact) mass is 567 g/mol. The number of fused-ring (bicyclic) bond motifs is 3. The maximum absolute atomic E-state index is 5.23. The van der Waals surface area contributed by atoms with Gasteiger partial charge in [0.05, 0.1) is 16.7 Å². The van der Waals surface area contributed by atoms with Crippen molar-refractivity contribution in [2.45, 2.75) is 18.8 Å². The summed E-state index contributed by atoms with van der Waals surface area (Å²) in [7, 11) is 0. The lowest BCUT2D eigenvalue weighted by Crippen LogP contribution is -2.11. The standard InChI is InChI=1S/C41H33N3/c1-29-27-41(29,31-17-7-3-8-18-31)36-22-12-13-23-37(36)42-28-44-39-24-14-11-21-33(39)35-25-34(30-15-5-2-6-16-30)38(26-40(35)44)43-32-19-9-4-10-20-32/h2-26,28-29,43H,27H2,1H3. The third kappa shape index (κ3) is 4.40. The lowest BCUT2D eigenvalue weighted by atomic mass is 9.85. The number of benzene rings is 6. The summed E-state index contributed by atoms with van der Waals surface area (Å²) in [5.74, 6) is 0.567. The van der Waals surface area contributed by atoms with Gasteiger partial charge in [-0.25, -0.2) is 4.99 Å². The van der Waals surface area contributed by atoms with Crippen LogP contribution in [0.4, 0.5) is 17.1 Å². The highest BCUT2D eigenvalue weighted by atomic mass is 15.0. The van der Waals surface area contributed by atoms with E-state index in [1.54, 1.807) is 0 Å². The molecule has 3 heteroatoms. The zero-order valence-corrected chi connectivity index (χ0v) is 24.7. The van der Waals surface area contributed by atoms with Crippen LogP contribution in [-0.2, 0) is 5.41 Å². The third-order valence-corrected chi connectivity index (χ3v) is 9.28. The van der Waals surface area contributed by atoms with Crippen LogP contribution < -0.4 is 5.32 Å². The van der Waals surface area contributed by atoms with Gasteiger partial charge in [-0.15, -0.1) is 0 Å². The maximum atomic E-state index is 5.23. The molecule has 1 fully saturated rings. The van der Waals surface area contributed by atoms with Crippen LogP contribution >= 0.6 is 0 Å². The molecule has 1 aliphatic carbocycles. The minimum absolute atomic E-state index is 0.00732. The van der Waals surface area contributed by atoms with Gasteiger partial charge in [-0.3, -0.25) is 4.57 Å². The van der Waals surface area contributed by atoms with Gasteiger partial charge in [0.25, 0.3) is 0 Å². The number of anilines is 2. The van der Waals surface area contributed by atoms with Gasteiger partial charge >= 0.3 is 0 Å². The summed E-state index contributed by atoms with van der Waals surface area (Å²) in [6.07, 6.45) is 3.15. The predicted molar refractivity (Wildman–Crippen MR) is 186 cm³/mol. The van der Waals surface area contributed by atoms with Crippen molar-refractivity contribution in [2.75, 3.05) is 5.32 Å². The maximum Gasteiger partial charge on any atom is 0.100 e. The first-order chi connectivity index (χ1) is 21.7. The van der Waals surface area contributed by atoms with E-state index in [0.717, 1.165) is 34.5 Å². The Kier molecular flexibility index (Phi) is 6.38. The van der Waals surface area contributed by atoms with Gasteiger partial charge in [0.1, 0.15) is 6.34 Å². The molecule has 1 N–H and O–H groups in total. The molecule has 0 saturated heterocycles. The second-order valence-corrected chi connectivity index (χ2v) is 11.9. The van der Waals surface area contributed by atoms with Crippen molar-refractivity contribution in [1.82, 2.24) is 4.57 Å². The molecule has 1 aliphatic rings. The Bertz CT molecular complexity index is 2130. The minimum atomic E-state index is 0.00732. The first kappa shape index (κ1) is 26.2. The second-order valence-electron chi connectivity index (χ2n) is 11.9. The predicted octanol–water partition coefficient (Wildman–Crippen LogP) is 10.7. The van der Waals surface area contributed by atoms with Gasteiger partial charge in [0.15, 0.2) is 0 Å². The van der Waals surface area contributed by atoms with E-state index in [9.17, 15) is 0 Å². The zero-order valence-electron chi connectivity index (χ0n) is 24.7. The van der Waals surface area contributed by atoms with Crippen LogP contribution in [0, 0.1) is 5.92 Å². The molecule has 212 valence electrons. The van der Waals surface area contributed by atoms with Crippen molar-refractivity contribution < 1.29 is 0 Å². The van der Waals surface area contributed by atoms with E-state index in [1.165, 1.54) is 33.0 Å². The molecule has 1 saturated carbocycles. The largest absolute Gasteiger partial charge is 0.355 e. The molecule has 0 spiro atoms. The van der Waals surface area contributed by atoms with Gasteiger partial charge in [-0.2, -0.15) is 0 Å². The number of hydrogen-bond donors (Lipinski definition) is 1. The topological polar surface area (TPSA) is 29.3 Å². The van der Waals surface area contributed by atoms with Crippen LogP contribution in [0.1, 0.15) is 24.5 Å². The molecule has 1 aromatic heterocycles. The summed E-state index contributed by atoms with van der Waals surface area (Å²) in [4.78, 5) is 5.23. The molecule has 44 heavy (non-hydrogen) atoms. The van der Waals surface area contributed by atoms with Crippen molar-refractivity contribution in [2.24, 2.45) is 10.9 Å². The van der Waals surface area contributed by atoms with Crippen molar-refractivity contribution in [1.29, 1.82) is 0 Å². The lowest BCUT2D eigenvalue weighted by Gasteiger charge is -2.20. The summed E-state index contributed by atoms with van der Waals surface area (Å²) < 4.78 is 2.25. The van der Waals surface area contributed by atoms with E-state index in [-0.39, 0.29) is 5.41 Å². The third-order valence-electron chi connectivity index (χ3n) is 9.28. The summed E-state index contributed by atoms with van der Waals surface area (Å²) in [6, 6.07) is 53.8. The van der Waals surface area contributed by atoms with Gasteiger partial charge < -0.3 is 5.32 Å². The first-order valence-corrected chi connectivity index (χ1v) is 15.4. The fraction of sp³-hybridized carbons (Fsp3) is 0.0976. The Hall–Kier alpha value is -5.41. The minimum Gasteiger partial charge on any atom is -0.355 e. The summed E-state index contributed by atoms with van der Waals surface area (Å²) in [5, 5.41) is 6.12. The number of aliphatic imine (C=N–C) groups is 1. The van der Waals surface area contributed by atoms with Crippen LogP contribution in [0.5, 0.6) is 0 Å². The SMILES string of the molecule is CC1CC1(c1ccccc1)c1ccccc1N=Cn1c2ccccc2c2cc(-c3ccccc3)c(Nc3ccccc3)cc21. The molecule has 0 bridgehead atoms. The Labute approximate surface area is 258 Å². The van der Waals surface area contributed by atoms with Gasteiger partial charge in [-0.1, -0.05) is 122 Å². The first-order valence-electron chi connectivity index (χ1n) is 15.4. The van der Waals surface area contributed by atoms with E-state index >= 15 is 0 Å². The fourth-order valence-corrected chi connectivity index (χ4v) is 6.98. The Morgan fingerprint density at radius 2 is 1.32 bits per heavy atom. The van der Waals surface area contributed by atoms with E-state index in [4.69, 9.17) is 4.99 Å². The average Bonchev–Trinajstić information content (AvgIpc) is 3.68. The fourth-order valence-electron chi connectivity index (χ4n) is 6.98. The Morgan fingerprint density at radius 1 is 0.682 bits per heavy atom. The molecule has 6 aromatic carbocycles. The molecular weight excluding hydrogens is 534 g/mol.